The monoisotopic (exact) mass is 763 g/mol. The second kappa shape index (κ2) is 33.1. The minimum Gasteiger partial charge on any atom is -0.338 e. The molecule has 0 radical (unpaired) electrons. The summed E-state index contributed by atoms with van der Waals surface area (Å²) in [6, 6.07) is 15.8. The molecule has 0 heterocycles. The molecule has 0 spiro atoms. The van der Waals surface area contributed by atoms with Crippen LogP contribution in [0, 0.1) is 0 Å². The molecule has 8 nitrogen and oxygen atoms in total. The van der Waals surface area contributed by atoms with E-state index in [1.807, 2.05) is 24.3 Å². The first-order valence-electron chi connectivity index (χ1n) is 22.7. The Morgan fingerprint density at radius 1 is 0.400 bits per heavy atom. The van der Waals surface area contributed by atoms with Crippen LogP contribution in [0.25, 0.3) is 0 Å². The average Bonchev–Trinajstić information content (AvgIpc) is 3.18. The molecule has 0 atom stereocenters. The van der Waals surface area contributed by atoms with Gasteiger partial charge in [-0.3, -0.25) is 0 Å². The van der Waals surface area contributed by atoms with E-state index in [0.717, 1.165) is 56.6 Å². The van der Waals surface area contributed by atoms with Crippen molar-refractivity contribution in [3.8, 4) is 0 Å². The molecule has 0 saturated carbocycles. The number of amides is 4. The number of nitrogens with one attached hydrogen (secondary N) is 4. The number of anilines is 2. The Bertz CT molecular complexity index is 1110. The van der Waals surface area contributed by atoms with Crippen LogP contribution in [-0.2, 0) is 6.42 Å². The topological polar surface area (TPSA) is 88.7 Å². The van der Waals surface area contributed by atoms with Crippen molar-refractivity contribution < 1.29 is 9.59 Å². The van der Waals surface area contributed by atoms with Crippen molar-refractivity contribution >= 4 is 23.4 Å². The molecule has 8 heteroatoms. The van der Waals surface area contributed by atoms with Crippen LogP contribution in [0.4, 0.5) is 21.0 Å². The molecule has 4 amide bonds. The average molecular weight is 763 g/mol. The van der Waals surface area contributed by atoms with E-state index >= 15 is 0 Å². The van der Waals surface area contributed by atoms with Gasteiger partial charge in [0.15, 0.2) is 0 Å². The largest absolute Gasteiger partial charge is 0.338 e. The van der Waals surface area contributed by atoms with Crippen molar-refractivity contribution in [1.82, 2.24) is 20.4 Å². The number of benzene rings is 2. The lowest BCUT2D eigenvalue weighted by atomic mass is 10.0. The third-order valence-electron chi connectivity index (χ3n) is 10.5. The summed E-state index contributed by atoms with van der Waals surface area (Å²) in [6.07, 6.45) is 26.0. The van der Waals surface area contributed by atoms with Gasteiger partial charge in [0.05, 0.1) is 0 Å². The fourth-order valence-corrected chi connectivity index (χ4v) is 7.04. The van der Waals surface area contributed by atoms with Gasteiger partial charge in [-0.05, 0) is 132 Å². The van der Waals surface area contributed by atoms with Crippen LogP contribution in [0.5, 0.6) is 0 Å². The molecule has 312 valence electrons. The number of unbranched alkanes of at least 4 members (excludes halogenated alkanes) is 14. The van der Waals surface area contributed by atoms with Gasteiger partial charge in [0.1, 0.15) is 0 Å². The SMILES string of the molecule is CCCCCCCN(CCCCC)CCCCNC(=O)Nc1ccc(Cc2ccc(NC(=O)NCCCCN(CCCCC)CCCCCCC)cc2)cc1. The number of rotatable bonds is 34. The molecule has 0 saturated heterocycles. The minimum absolute atomic E-state index is 0.149. The first-order chi connectivity index (χ1) is 27.0. The number of hydrogen-bond acceptors (Lipinski definition) is 4. The second-order valence-corrected chi connectivity index (χ2v) is 15.7. The molecule has 0 unspecified atom stereocenters. The van der Waals surface area contributed by atoms with E-state index in [0.29, 0.717) is 13.1 Å². The maximum atomic E-state index is 12.5. The smallest absolute Gasteiger partial charge is 0.319 e. The van der Waals surface area contributed by atoms with Crippen LogP contribution in [0.2, 0.25) is 0 Å². The molecule has 0 fully saturated rings. The lowest BCUT2D eigenvalue weighted by Gasteiger charge is -2.22. The van der Waals surface area contributed by atoms with Gasteiger partial charge >= 0.3 is 12.1 Å². The summed E-state index contributed by atoms with van der Waals surface area (Å²) in [5.74, 6) is 0. The van der Waals surface area contributed by atoms with E-state index < -0.39 is 0 Å². The Balaban J connectivity index is 1.63. The molecule has 0 aliphatic heterocycles. The molecule has 0 aliphatic rings. The predicted molar refractivity (Wildman–Crippen MR) is 238 cm³/mol. The van der Waals surface area contributed by atoms with E-state index in [2.05, 4.69) is 83.0 Å². The summed E-state index contributed by atoms with van der Waals surface area (Å²) < 4.78 is 0. The van der Waals surface area contributed by atoms with Crippen LogP contribution in [0.1, 0.15) is 167 Å². The van der Waals surface area contributed by atoms with Gasteiger partial charge in [0, 0.05) is 24.5 Å². The van der Waals surface area contributed by atoms with Gasteiger partial charge in [-0.1, -0.05) is 129 Å². The fraction of sp³-hybridized carbons (Fsp3) is 0.702. The summed E-state index contributed by atoms with van der Waals surface area (Å²) in [6.45, 7) is 17.5. The van der Waals surface area contributed by atoms with Crippen LogP contribution in [0.3, 0.4) is 0 Å². The zero-order chi connectivity index (χ0) is 39.6. The zero-order valence-electron chi connectivity index (χ0n) is 35.8. The maximum Gasteiger partial charge on any atom is 0.319 e. The number of hydrogen-bond donors (Lipinski definition) is 4. The van der Waals surface area contributed by atoms with Gasteiger partial charge in [-0.15, -0.1) is 0 Å². The first kappa shape index (κ1) is 48.0. The van der Waals surface area contributed by atoms with Crippen molar-refractivity contribution in [3.05, 3.63) is 59.7 Å². The van der Waals surface area contributed by atoms with Gasteiger partial charge in [-0.2, -0.15) is 0 Å². The second-order valence-electron chi connectivity index (χ2n) is 15.7. The summed E-state index contributed by atoms with van der Waals surface area (Å²) >= 11 is 0. The molecular formula is C47H82N6O2. The summed E-state index contributed by atoms with van der Waals surface area (Å²) in [7, 11) is 0. The normalized spacial score (nSPS) is 11.3. The zero-order valence-corrected chi connectivity index (χ0v) is 35.8. The Morgan fingerprint density at radius 2 is 0.691 bits per heavy atom. The Hall–Kier alpha value is -3.10. The van der Waals surface area contributed by atoms with Crippen LogP contribution >= 0.6 is 0 Å². The highest BCUT2D eigenvalue weighted by atomic mass is 16.2. The van der Waals surface area contributed by atoms with E-state index in [4.69, 9.17) is 0 Å². The molecular weight excluding hydrogens is 681 g/mol. The maximum absolute atomic E-state index is 12.5. The lowest BCUT2D eigenvalue weighted by molar-refractivity contribution is 0.247. The van der Waals surface area contributed by atoms with Gasteiger partial charge in [0.2, 0.25) is 0 Å². The van der Waals surface area contributed by atoms with Gasteiger partial charge < -0.3 is 31.1 Å². The van der Waals surface area contributed by atoms with Gasteiger partial charge in [-0.25, -0.2) is 9.59 Å². The summed E-state index contributed by atoms with van der Waals surface area (Å²) in [4.78, 5) is 30.3. The Morgan fingerprint density at radius 3 is 1.04 bits per heavy atom. The highest BCUT2D eigenvalue weighted by Gasteiger charge is 2.08. The van der Waals surface area contributed by atoms with Crippen molar-refractivity contribution in [2.75, 3.05) is 63.0 Å². The van der Waals surface area contributed by atoms with E-state index in [1.54, 1.807) is 0 Å². The predicted octanol–water partition coefficient (Wildman–Crippen LogP) is 12.0. The van der Waals surface area contributed by atoms with Crippen LogP contribution in [-0.4, -0.2) is 74.2 Å². The van der Waals surface area contributed by atoms with Crippen molar-refractivity contribution in [3.63, 3.8) is 0 Å². The highest BCUT2D eigenvalue weighted by molar-refractivity contribution is 5.89. The number of carbonyl (C=O) groups is 2. The summed E-state index contributed by atoms with van der Waals surface area (Å²) in [5, 5.41) is 12.0. The minimum atomic E-state index is -0.149. The molecule has 55 heavy (non-hydrogen) atoms. The number of urea groups is 2. The Labute approximate surface area is 337 Å². The third-order valence-corrected chi connectivity index (χ3v) is 10.5. The summed E-state index contributed by atoms with van der Waals surface area (Å²) in [5.41, 5.74) is 3.91. The van der Waals surface area contributed by atoms with Gasteiger partial charge in [0.25, 0.3) is 0 Å². The van der Waals surface area contributed by atoms with E-state index in [1.165, 1.54) is 140 Å². The molecule has 0 bridgehead atoms. The lowest BCUT2D eigenvalue weighted by Crippen LogP contribution is -2.31. The van der Waals surface area contributed by atoms with Crippen molar-refractivity contribution in [2.24, 2.45) is 0 Å². The molecule has 2 rings (SSSR count). The van der Waals surface area contributed by atoms with E-state index in [9.17, 15) is 9.59 Å². The Kier molecular flexibility index (Phi) is 28.9. The van der Waals surface area contributed by atoms with Crippen molar-refractivity contribution in [2.45, 2.75) is 163 Å². The van der Waals surface area contributed by atoms with Crippen LogP contribution in [0.15, 0.2) is 48.5 Å². The number of carbonyl (C=O) groups excluding carboxylic acids is 2. The first-order valence-corrected chi connectivity index (χ1v) is 22.7. The number of nitrogens with zero attached hydrogens (tertiary/aromatic N) is 2. The quantitative estimate of drug-likeness (QED) is 0.0535. The molecule has 4 N–H and O–H groups in total. The molecule has 0 aromatic heterocycles. The third kappa shape index (κ3) is 25.6. The highest BCUT2D eigenvalue weighted by Crippen LogP contribution is 2.16. The van der Waals surface area contributed by atoms with Crippen molar-refractivity contribution in [1.29, 1.82) is 0 Å². The molecule has 2 aromatic carbocycles. The molecule has 2 aromatic rings. The fourth-order valence-electron chi connectivity index (χ4n) is 7.04. The van der Waals surface area contributed by atoms with Crippen LogP contribution < -0.4 is 21.3 Å². The standard InChI is InChI=1S/C47H82N6O2/c1-5-9-13-15-21-37-52(35-19-11-7-3)39-23-17-33-48-46(54)50-44-29-25-42(26-30-44)41-43-27-31-45(32-28-43)51-47(55)49-34-18-24-40-53(36-20-12-8-4)38-22-16-14-10-6-2/h25-32H,5-24,33-41H2,1-4H3,(H2,48,50,54)(H2,49,51,55). The van der Waals surface area contributed by atoms with E-state index in [-0.39, 0.29) is 12.1 Å². The molecule has 0 aliphatic carbocycles.